The molecule has 2 aliphatic heterocycles. The lowest BCUT2D eigenvalue weighted by Crippen LogP contribution is -2.42. The van der Waals surface area contributed by atoms with Crippen molar-refractivity contribution in [2.45, 2.75) is 83.8 Å². The average Bonchev–Trinajstić information content (AvgIpc) is 3.67. The number of rotatable bonds is 13. The number of esters is 8. The molecule has 18 heteroatoms. The van der Waals surface area contributed by atoms with Crippen LogP contribution in [0.2, 0.25) is 0 Å². The first-order chi connectivity index (χ1) is 28.1. The van der Waals surface area contributed by atoms with Crippen LogP contribution in [0.4, 0.5) is 0 Å². The van der Waals surface area contributed by atoms with Crippen molar-refractivity contribution in [1.82, 2.24) is 0 Å². The molecule has 0 saturated carbocycles. The molecule has 0 aromatic heterocycles. The summed E-state index contributed by atoms with van der Waals surface area (Å²) in [4.78, 5) is 94.4. The summed E-state index contributed by atoms with van der Waals surface area (Å²) in [5.74, 6) is -5.36. The van der Waals surface area contributed by atoms with Crippen molar-refractivity contribution < 1.29 is 85.7 Å². The first-order valence-corrected chi connectivity index (χ1v) is 18.0. The molecule has 3 aromatic rings. The van der Waals surface area contributed by atoms with E-state index in [-0.39, 0.29) is 24.3 Å². The highest BCUT2D eigenvalue weighted by Gasteiger charge is 2.53. The van der Waals surface area contributed by atoms with Crippen LogP contribution in [-0.4, -0.2) is 110 Å². The molecule has 2 heterocycles. The largest absolute Gasteiger partial charge is 0.463 e. The Bertz CT molecular complexity index is 1930. The van der Waals surface area contributed by atoms with E-state index in [4.69, 9.17) is 47.4 Å². The third kappa shape index (κ3) is 13.8. The summed E-state index contributed by atoms with van der Waals surface area (Å²) in [5, 5.41) is 0. The van der Waals surface area contributed by atoms with E-state index in [0.717, 1.165) is 27.7 Å². The smallest absolute Gasteiger partial charge is 0.338 e. The summed E-state index contributed by atoms with van der Waals surface area (Å²) in [6.45, 7) is 5.20. The van der Waals surface area contributed by atoms with Crippen LogP contribution in [0.15, 0.2) is 91.0 Å². The molecule has 0 radical (unpaired) electrons. The van der Waals surface area contributed by atoms with Crippen LogP contribution >= 0.6 is 0 Å². The van der Waals surface area contributed by atoms with Gasteiger partial charge in [-0.2, -0.15) is 0 Å². The molecule has 59 heavy (non-hydrogen) atoms. The predicted molar refractivity (Wildman–Crippen MR) is 197 cm³/mol. The van der Waals surface area contributed by atoms with Gasteiger partial charge in [-0.1, -0.05) is 54.6 Å². The van der Waals surface area contributed by atoms with Gasteiger partial charge in [0.1, 0.15) is 25.4 Å². The van der Waals surface area contributed by atoms with E-state index in [2.05, 4.69) is 0 Å². The van der Waals surface area contributed by atoms with Gasteiger partial charge < -0.3 is 47.4 Å². The predicted octanol–water partition coefficient (Wildman–Crippen LogP) is 3.28. The summed E-state index contributed by atoms with van der Waals surface area (Å²) >= 11 is 0. The summed E-state index contributed by atoms with van der Waals surface area (Å²) in [6, 6.07) is 24.6. The Labute approximate surface area is 337 Å². The van der Waals surface area contributed by atoms with Crippen molar-refractivity contribution in [3.05, 3.63) is 108 Å². The second kappa shape index (κ2) is 21.8. The van der Waals surface area contributed by atoms with E-state index in [9.17, 15) is 38.4 Å². The molecular formula is C41H42O18. The fourth-order valence-corrected chi connectivity index (χ4v) is 5.63. The number of carbonyl (C=O) groups excluding carboxylic acids is 8. The zero-order chi connectivity index (χ0) is 43.1. The van der Waals surface area contributed by atoms with Gasteiger partial charge in [-0.3, -0.25) is 24.0 Å². The molecule has 0 amide bonds. The van der Waals surface area contributed by atoms with Crippen molar-refractivity contribution in [3.63, 3.8) is 0 Å². The first-order valence-electron chi connectivity index (χ1n) is 18.0. The van der Waals surface area contributed by atoms with E-state index < -0.39 is 97.0 Å². The van der Waals surface area contributed by atoms with Crippen LogP contribution in [0.5, 0.6) is 0 Å². The minimum atomic E-state index is -1.40. The fraction of sp³-hybridized carbons (Fsp3) is 0.366. The molecule has 2 unspecified atom stereocenters. The summed E-state index contributed by atoms with van der Waals surface area (Å²) < 4.78 is 52.9. The maximum absolute atomic E-state index is 12.9. The lowest BCUT2D eigenvalue weighted by atomic mass is 10.1. The molecule has 2 aliphatic rings. The quantitative estimate of drug-likeness (QED) is 0.178. The number of hydrogen-bond donors (Lipinski definition) is 0. The van der Waals surface area contributed by atoms with E-state index >= 15 is 0 Å². The van der Waals surface area contributed by atoms with Crippen LogP contribution < -0.4 is 0 Å². The first kappa shape index (κ1) is 45.0. The Hall–Kier alpha value is -6.66. The van der Waals surface area contributed by atoms with Gasteiger partial charge in [-0.15, -0.1) is 0 Å². The van der Waals surface area contributed by atoms with E-state index in [1.165, 1.54) is 6.92 Å². The normalized spacial score (nSPS) is 22.9. The lowest BCUT2D eigenvalue weighted by Gasteiger charge is -2.24. The number of carbonyl (C=O) groups is 8. The van der Waals surface area contributed by atoms with Gasteiger partial charge in [0.15, 0.2) is 12.2 Å². The summed E-state index contributed by atoms with van der Waals surface area (Å²) in [5.41, 5.74) is 0.782. The van der Waals surface area contributed by atoms with Gasteiger partial charge in [0.2, 0.25) is 24.8 Å². The maximum atomic E-state index is 12.9. The number of hydrogen-bond acceptors (Lipinski definition) is 18. The van der Waals surface area contributed by atoms with Gasteiger partial charge in [-0.25, -0.2) is 14.4 Å². The van der Waals surface area contributed by atoms with Crippen molar-refractivity contribution in [1.29, 1.82) is 0 Å². The summed E-state index contributed by atoms with van der Waals surface area (Å²) in [6.07, 6.45) is -9.49. The third-order valence-electron chi connectivity index (χ3n) is 8.05. The van der Waals surface area contributed by atoms with Gasteiger partial charge in [0, 0.05) is 34.6 Å². The SMILES string of the molecule is CC(=O)OC[C@H]1O[C@@H](OC(C)=O)C(OC(C)=O)[C@H]1OC(C)=O.CC(=O)O[C@@H]1O[C@H](COC(=O)c2ccccc2)[C@H](OC(=O)c2ccccc2)C1OC(=O)c1ccccc1. The second-order valence-corrected chi connectivity index (χ2v) is 12.7. The Balaban J connectivity index is 0.000000299. The highest BCUT2D eigenvalue weighted by Crippen LogP contribution is 2.31. The lowest BCUT2D eigenvalue weighted by molar-refractivity contribution is -0.197. The Morgan fingerprint density at radius 1 is 0.390 bits per heavy atom. The van der Waals surface area contributed by atoms with E-state index in [1.54, 1.807) is 91.0 Å². The van der Waals surface area contributed by atoms with Crippen LogP contribution in [0.3, 0.4) is 0 Å². The molecule has 314 valence electrons. The number of ether oxygens (including phenoxy) is 10. The summed E-state index contributed by atoms with van der Waals surface area (Å²) in [7, 11) is 0. The Morgan fingerprint density at radius 2 is 0.712 bits per heavy atom. The molecule has 2 saturated heterocycles. The van der Waals surface area contributed by atoms with Gasteiger partial charge >= 0.3 is 47.8 Å². The highest BCUT2D eigenvalue weighted by molar-refractivity contribution is 5.91. The molecule has 5 rings (SSSR count). The molecule has 2 fully saturated rings. The monoisotopic (exact) mass is 822 g/mol. The molecule has 8 atom stereocenters. The van der Waals surface area contributed by atoms with Crippen molar-refractivity contribution >= 4 is 47.8 Å². The van der Waals surface area contributed by atoms with Crippen molar-refractivity contribution in [2.75, 3.05) is 13.2 Å². The zero-order valence-electron chi connectivity index (χ0n) is 32.5. The van der Waals surface area contributed by atoms with E-state index in [1.807, 2.05) is 0 Å². The van der Waals surface area contributed by atoms with Crippen molar-refractivity contribution in [2.24, 2.45) is 0 Å². The van der Waals surface area contributed by atoms with Crippen LogP contribution in [0.1, 0.15) is 65.7 Å². The fourth-order valence-electron chi connectivity index (χ4n) is 5.63. The second-order valence-electron chi connectivity index (χ2n) is 12.7. The topological polar surface area (TPSA) is 229 Å². The average molecular weight is 823 g/mol. The van der Waals surface area contributed by atoms with Crippen LogP contribution in [0.25, 0.3) is 0 Å². The van der Waals surface area contributed by atoms with Gasteiger partial charge in [0.25, 0.3) is 0 Å². The zero-order valence-corrected chi connectivity index (χ0v) is 32.5. The molecule has 3 aromatic carbocycles. The van der Waals surface area contributed by atoms with Crippen LogP contribution in [-0.2, 0) is 71.3 Å². The highest BCUT2D eigenvalue weighted by atomic mass is 16.8. The minimum Gasteiger partial charge on any atom is -0.463 e. The molecule has 0 spiro atoms. The van der Waals surface area contributed by atoms with Gasteiger partial charge in [0.05, 0.1) is 16.7 Å². The molecule has 0 aliphatic carbocycles. The number of benzene rings is 3. The van der Waals surface area contributed by atoms with Crippen molar-refractivity contribution in [3.8, 4) is 0 Å². The third-order valence-corrected chi connectivity index (χ3v) is 8.05. The molecule has 0 bridgehead atoms. The van der Waals surface area contributed by atoms with E-state index in [0.29, 0.717) is 5.56 Å². The minimum absolute atomic E-state index is 0.233. The Morgan fingerprint density at radius 3 is 1.10 bits per heavy atom. The molecule has 0 N–H and O–H groups in total. The molecule has 18 nitrogen and oxygen atoms in total. The Kier molecular flexibility index (Phi) is 16.6. The van der Waals surface area contributed by atoms with Crippen LogP contribution in [0, 0.1) is 0 Å². The maximum Gasteiger partial charge on any atom is 0.338 e. The standard InChI is InChI=1S/C28H24O9.C13H18O9/c1-18(29)34-28-24(37-27(32)21-15-9-4-10-16-21)23(36-26(31)20-13-7-3-8-14-20)22(35-28)17-33-25(30)19-11-5-2-6-12-19;1-6(14)18-5-10-11(19-7(2)15)12(20-8(3)16)13(22-10)21-9(4)17/h2-16,22-24,28H,17H2,1H3;10-13H,5H2,1-4H3/t22-,23+,24?,28-;10-,11+,12?,13-/m11/s1. The molecular weight excluding hydrogens is 780 g/mol. The van der Waals surface area contributed by atoms with Gasteiger partial charge in [-0.05, 0) is 36.4 Å².